The number of ether oxygens (including phenoxy) is 1. The van der Waals surface area contributed by atoms with Gasteiger partial charge in [0.2, 0.25) is 5.91 Å². The first kappa shape index (κ1) is 18.3. The van der Waals surface area contributed by atoms with E-state index in [4.69, 9.17) is 4.74 Å². The number of amides is 1. The lowest BCUT2D eigenvalue weighted by Crippen LogP contribution is -2.34. The van der Waals surface area contributed by atoms with Crippen LogP contribution in [0.3, 0.4) is 0 Å². The molecule has 0 spiro atoms. The van der Waals surface area contributed by atoms with Crippen LogP contribution < -0.4 is 15.4 Å². The van der Waals surface area contributed by atoms with Gasteiger partial charge >= 0.3 is 0 Å². The zero-order valence-electron chi connectivity index (χ0n) is 13.7. The van der Waals surface area contributed by atoms with Crippen molar-refractivity contribution in [3.8, 4) is 11.4 Å². The first-order valence-corrected chi connectivity index (χ1v) is 7.91. The summed E-state index contributed by atoms with van der Waals surface area (Å²) in [6, 6.07) is 9.57. The number of halogens is 1. The maximum atomic E-state index is 11.7. The van der Waals surface area contributed by atoms with Gasteiger partial charge in [-0.3, -0.25) is 4.79 Å². The molecule has 3 rings (SSSR count). The standard InChI is InChI=1S/C17H22N4O2.ClH/c1-23-16-6-4-15(5-7-16)21-9-8-14(20-21)11-19-17(22)12-18-10-13-2-3-13;/h4-9,13,18H,2-3,10-12H2,1H3,(H,19,22);1H. The summed E-state index contributed by atoms with van der Waals surface area (Å²) >= 11 is 0. The molecule has 0 saturated heterocycles. The Kier molecular flexibility index (Phi) is 6.63. The van der Waals surface area contributed by atoms with Gasteiger partial charge in [0.05, 0.1) is 31.6 Å². The number of benzene rings is 1. The summed E-state index contributed by atoms with van der Waals surface area (Å²) in [5.74, 6) is 1.60. The Morgan fingerprint density at radius 3 is 2.71 bits per heavy atom. The SMILES string of the molecule is COc1ccc(-n2ccc(CNC(=O)CNCC3CC3)n2)cc1.Cl. The minimum Gasteiger partial charge on any atom is -0.497 e. The molecule has 0 unspecified atom stereocenters. The van der Waals surface area contributed by atoms with E-state index in [0.717, 1.165) is 29.6 Å². The largest absolute Gasteiger partial charge is 0.497 e. The molecule has 2 aromatic rings. The highest BCUT2D eigenvalue weighted by Crippen LogP contribution is 2.27. The molecule has 1 aromatic heterocycles. The van der Waals surface area contributed by atoms with Crippen molar-refractivity contribution < 1.29 is 9.53 Å². The molecule has 2 N–H and O–H groups in total. The zero-order valence-corrected chi connectivity index (χ0v) is 14.5. The Labute approximate surface area is 148 Å². The van der Waals surface area contributed by atoms with Crippen molar-refractivity contribution in [2.24, 2.45) is 5.92 Å². The van der Waals surface area contributed by atoms with Gasteiger partial charge in [-0.2, -0.15) is 5.10 Å². The Hall–Kier alpha value is -2.05. The van der Waals surface area contributed by atoms with E-state index in [2.05, 4.69) is 15.7 Å². The Balaban J connectivity index is 0.00000208. The third kappa shape index (κ3) is 5.25. The Bertz CT molecular complexity index is 653. The van der Waals surface area contributed by atoms with E-state index in [1.165, 1.54) is 12.8 Å². The van der Waals surface area contributed by atoms with Crippen molar-refractivity contribution in [2.45, 2.75) is 19.4 Å². The third-order valence-electron chi connectivity index (χ3n) is 3.86. The van der Waals surface area contributed by atoms with E-state index in [1.807, 2.05) is 36.5 Å². The molecular formula is C17H23ClN4O2. The van der Waals surface area contributed by atoms with Crippen LogP contribution in [0.1, 0.15) is 18.5 Å². The maximum absolute atomic E-state index is 11.7. The fraction of sp³-hybridized carbons (Fsp3) is 0.412. The van der Waals surface area contributed by atoms with Crippen LogP contribution >= 0.6 is 12.4 Å². The summed E-state index contributed by atoms with van der Waals surface area (Å²) in [7, 11) is 1.64. The molecular weight excluding hydrogens is 328 g/mol. The minimum atomic E-state index is 0. The second-order valence-corrected chi connectivity index (χ2v) is 5.80. The van der Waals surface area contributed by atoms with Crippen LogP contribution in [0.25, 0.3) is 5.69 Å². The number of aromatic nitrogens is 2. The minimum absolute atomic E-state index is 0. The van der Waals surface area contributed by atoms with Crippen LogP contribution in [0.4, 0.5) is 0 Å². The van der Waals surface area contributed by atoms with Gasteiger partial charge in [0.15, 0.2) is 0 Å². The number of rotatable bonds is 8. The highest BCUT2D eigenvalue weighted by molar-refractivity contribution is 5.85. The number of nitrogens with one attached hydrogen (secondary N) is 2. The van der Waals surface area contributed by atoms with Crippen molar-refractivity contribution in [1.29, 1.82) is 0 Å². The predicted octanol–water partition coefficient (Wildman–Crippen LogP) is 1.92. The number of hydrogen-bond acceptors (Lipinski definition) is 4. The molecule has 0 aliphatic heterocycles. The number of nitrogens with zero attached hydrogens (tertiary/aromatic N) is 2. The summed E-state index contributed by atoms with van der Waals surface area (Å²) in [6.07, 6.45) is 4.46. The second kappa shape index (κ2) is 8.70. The topological polar surface area (TPSA) is 68.2 Å². The lowest BCUT2D eigenvalue weighted by atomic mass is 10.3. The molecule has 1 aromatic carbocycles. The molecule has 1 amide bonds. The highest BCUT2D eigenvalue weighted by Gasteiger charge is 2.20. The van der Waals surface area contributed by atoms with Crippen LogP contribution in [0.15, 0.2) is 36.5 Å². The normalized spacial score (nSPS) is 13.2. The summed E-state index contributed by atoms with van der Waals surface area (Å²) < 4.78 is 6.93. The van der Waals surface area contributed by atoms with Crippen LogP contribution in [-0.4, -0.2) is 35.9 Å². The molecule has 6 nitrogen and oxygen atoms in total. The van der Waals surface area contributed by atoms with Crippen molar-refractivity contribution >= 4 is 18.3 Å². The van der Waals surface area contributed by atoms with Gasteiger partial charge in [-0.15, -0.1) is 12.4 Å². The molecule has 1 aliphatic carbocycles. The van der Waals surface area contributed by atoms with Gasteiger partial charge in [-0.05, 0) is 55.6 Å². The van der Waals surface area contributed by atoms with Crippen LogP contribution in [-0.2, 0) is 11.3 Å². The van der Waals surface area contributed by atoms with Gasteiger partial charge in [-0.25, -0.2) is 4.68 Å². The number of carbonyl (C=O) groups excluding carboxylic acids is 1. The fourth-order valence-corrected chi connectivity index (χ4v) is 2.30. The van der Waals surface area contributed by atoms with Crippen LogP contribution in [0.2, 0.25) is 0 Å². The van der Waals surface area contributed by atoms with E-state index in [0.29, 0.717) is 13.1 Å². The second-order valence-electron chi connectivity index (χ2n) is 5.80. The molecule has 1 aliphatic rings. The quantitative estimate of drug-likeness (QED) is 0.763. The van der Waals surface area contributed by atoms with E-state index < -0.39 is 0 Å². The molecule has 0 atom stereocenters. The average molecular weight is 351 g/mol. The van der Waals surface area contributed by atoms with E-state index in [1.54, 1.807) is 11.8 Å². The number of methoxy groups -OCH3 is 1. The molecule has 24 heavy (non-hydrogen) atoms. The maximum Gasteiger partial charge on any atom is 0.234 e. The van der Waals surface area contributed by atoms with E-state index in [9.17, 15) is 4.79 Å². The summed E-state index contributed by atoms with van der Waals surface area (Å²) in [4.78, 5) is 11.7. The lowest BCUT2D eigenvalue weighted by Gasteiger charge is -2.05. The highest BCUT2D eigenvalue weighted by atomic mass is 35.5. The number of hydrogen-bond donors (Lipinski definition) is 2. The molecule has 1 fully saturated rings. The van der Waals surface area contributed by atoms with Crippen LogP contribution in [0, 0.1) is 5.92 Å². The summed E-state index contributed by atoms with van der Waals surface area (Å²) in [5, 5.41) is 10.5. The van der Waals surface area contributed by atoms with Gasteiger partial charge in [0, 0.05) is 6.20 Å². The molecule has 0 radical (unpaired) electrons. The third-order valence-corrected chi connectivity index (χ3v) is 3.86. The average Bonchev–Trinajstić information content (AvgIpc) is 3.28. The fourth-order valence-electron chi connectivity index (χ4n) is 2.30. The van der Waals surface area contributed by atoms with E-state index >= 15 is 0 Å². The van der Waals surface area contributed by atoms with Crippen molar-refractivity contribution in [3.05, 3.63) is 42.2 Å². The Morgan fingerprint density at radius 1 is 1.29 bits per heavy atom. The van der Waals surface area contributed by atoms with Crippen molar-refractivity contribution in [2.75, 3.05) is 20.2 Å². The first-order chi connectivity index (χ1) is 11.2. The summed E-state index contributed by atoms with van der Waals surface area (Å²) in [6.45, 7) is 1.75. The molecule has 130 valence electrons. The number of carbonyl (C=O) groups is 1. The van der Waals surface area contributed by atoms with Gasteiger partial charge in [0.1, 0.15) is 5.75 Å². The summed E-state index contributed by atoms with van der Waals surface area (Å²) in [5.41, 5.74) is 1.78. The van der Waals surface area contributed by atoms with Crippen LogP contribution in [0.5, 0.6) is 5.75 Å². The Morgan fingerprint density at radius 2 is 2.04 bits per heavy atom. The molecule has 1 heterocycles. The smallest absolute Gasteiger partial charge is 0.234 e. The lowest BCUT2D eigenvalue weighted by molar-refractivity contribution is -0.120. The first-order valence-electron chi connectivity index (χ1n) is 7.91. The van der Waals surface area contributed by atoms with Crippen molar-refractivity contribution in [3.63, 3.8) is 0 Å². The monoisotopic (exact) mass is 350 g/mol. The van der Waals surface area contributed by atoms with Gasteiger partial charge in [0.25, 0.3) is 0 Å². The van der Waals surface area contributed by atoms with E-state index in [-0.39, 0.29) is 18.3 Å². The van der Waals surface area contributed by atoms with Crippen molar-refractivity contribution in [1.82, 2.24) is 20.4 Å². The van der Waals surface area contributed by atoms with Gasteiger partial charge in [-0.1, -0.05) is 0 Å². The molecule has 0 bridgehead atoms. The molecule has 7 heteroatoms. The zero-order chi connectivity index (χ0) is 16.1. The van der Waals surface area contributed by atoms with Gasteiger partial charge < -0.3 is 15.4 Å². The predicted molar refractivity (Wildman–Crippen MR) is 94.8 cm³/mol. The molecule has 1 saturated carbocycles.